The van der Waals surface area contributed by atoms with Crippen LogP contribution < -0.4 is 0 Å². The molecule has 1 aromatic carbocycles. The number of halogens is 1. The number of ether oxygens (including phenoxy) is 1. The number of nitrogens with zero attached hydrogens (tertiary/aromatic N) is 3. The maximum Gasteiger partial charge on any atom is 0.410 e. The number of rotatable bonds is 2. The minimum atomic E-state index is -0.572. The van der Waals surface area contributed by atoms with Gasteiger partial charge in [-0.25, -0.2) is 4.79 Å². The Morgan fingerprint density at radius 3 is 2.36 bits per heavy atom. The van der Waals surface area contributed by atoms with E-state index >= 15 is 0 Å². The summed E-state index contributed by atoms with van der Waals surface area (Å²) < 4.78 is 5.95. The van der Waals surface area contributed by atoms with E-state index in [-0.39, 0.29) is 11.6 Å². The highest BCUT2D eigenvalue weighted by Crippen LogP contribution is 2.38. The monoisotopic (exact) mass is 425 g/mol. The molecule has 2 heterocycles. The molecule has 1 aliphatic heterocycles. The normalized spacial score (nSPS) is 15.0. The Labute approximate surface area is 170 Å². The molecule has 0 unspecified atom stereocenters. The summed E-state index contributed by atoms with van der Waals surface area (Å²) in [6.07, 6.45) is -0.396. The molecule has 1 fully saturated rings. The number of piperazine rings is 1. The molecular weight excluding hydrogens is 406 g/mol. The van der Waals surface area contributed by atoms with E-state index in [4.69, 9.17) is 16.3 Å². The summed E-state index contributed by atoms with van der Waals surface area (Å²) in [5.41, 5.74) is -0.618. The first kappa shape index (κ1) is 20.3. The number of carbonyl (C=O) groups excluding carboxylic acids is 2. The Bertz CT molecular complexity index is 945. The van der Waals surface area contributed by atoms with Crippen molar-refractivity contribution in [3.8, 4) is 0 Å². The molecule has 1 aromatic heterocycles. The van der Waals surface area contributed by atoms with Crippen molar-refractivity contribution in [3.05, 3.63) is 38.2 Å². The van der Waals surface area contributed by atoms with Gasteiger partial charge in [0.15, 0.2) is 0 Å². The highest BCUT2D eigenvalue weighted by atomic mass is 35.5. The van der Waals surface area contributed by atoms with Gasteiger partial charge in [-0.2, -0.15) is 0 Å². The van der Waals surface area contributed by atoms with Crippen LogP contribution in [-0.4, -0.2) is 58.5 Å². The molecule has 0 bridgehead atoms. The molecule has 0 aliphatic carbocycles. The van der Waals surface area contributed by atoms with E-state index in [0.717, 1.165) is 11.3 Å². The molecule has 2 amide bonds. The Morgan fingerprint density at radius 1 is 1.18 bits per heavy atom. The van der Waals surface area contributed by atoms with Crippen molar-refractivity contribution in [2.24, 2.45) is 0 Å². The summed E-state index contributed by atoms with van der Waals surface area (Å²) in [4.78, 5) is 39.1. The molecule has 8 nitrogen and oxygen atoms in total. The maximum atomic E-state index is 12.9. The molecule has 28 heavy (non-hydrogen) atoms. The van der Waals surface area contributed by atoms with Crippen LogP contribution in [0.15, 0.2) is 18.2 Å². The number of benzene rings is 1. The van der Waals surface area contributed by atoms with E-state index in [0.29, 0.717) is 46.2 Å². The average molecular weight is 426 g/mol. The van der Waals surface area contributed by atoms with Crippen LogP contribution >= 0.6 is 22.9 Å². The number of amides is 2. The summed E-state index contributed by atoms with van der Waals surface area (Å²) in [5.74, 6) is -0.238. The van der Waals surface area contributed by atoms with Crippen molar-refractivity contribution in [1.29, 1.82) is 0 Å². The zero-order valence-electron chi connectivity index (χ0n) is 15.7. The fraction of sp³-hybridized carbons (Fsp3) is 0.444. The van der Waals surface area contributed by atoms with Gasteiger partial charge in [0, 0.05) is 48.4 Å². The van der Waals surface area contributed by atoms with Crippen LogP contribution in [0.1, 0.15) is 30.4 Å². The second kappa shape index (κ2) is 7.56. The third kappa shape index (κ3) is 4.20. The fourth-order valence-corrected chi connectivity index (χ4v) is 4.38. The number of nitro groups is 1. The van der Waals surface area contributed by atoms with Crippen molar-refractivity contribution in [2.45, 2.75) is 26.4 Å². The van der Waals surface area contributed by atoms with Crippen molar-refractivity contribution < 1.29 is 19.2 Å². The number of hydrogen-bond acceptors (Lipinski definition) is 6. The smallest absolute Gasteiger partial charge is 0.410 e. The Balaban J connectivity index is 1.72. The maximum absolute atomic E-state index is 12.9. The third-order valence-electron chi connectivity index (χ3n) is 4.24. The third-order valence-corrected chi connectivity index (χ3v) is 5.88. The highest BCUT2D eigenvalue weighted by Gasteiger charge is 2.30. The predicted octanol–water partition coefficient (Wildman–Crippen LogP) is 4.16. The lowest BCUT2D eigenvalue weighted by Crippen LogP contribution is -2.51. The van der Waals surface area contributed by atoms with Crippen molar-refractivity contribution >= 4 is 50.7 Å². The van der Waals surface area contributed by atoms with Gasteiger partial charge in [0.25, 0.3) is 11.6 Å². The van der Waals surface area contributed by atoms with Crippen LogP contribution in [0, 0.1) is 10.1 Å². The minimum Gasteiger partial charge on any atom is -0.444 e. The zero-order valence-corrected chi connectivity index (χ0v) is 17.3. The number of nitro benzene ring substituents is 1. The number of non-ortho nitro benzene ring substituents is 1. The van der Waals surface area contributed by atoms with Crippen molar-refractivity contribution in [1.82, 2.24) is 9.80 Å². The first-order valence-electron chi connectivity index (χ1n) is 8.70. The lowest BCUT2D eigenvalue weighted by molar-refractivity contribution is -0.384. The highest BCUT2D eigenvalue weighted by molar-refractivity contribution is 7.21. The van der Waals surface area contributed by atoms with E-state index in [9.17, 15) is 19.7 Å². The van der Waals surface area contributed by atoms with E-state index in [2.05, 4.69) is 0 Å². The molecule has 10 heteroatoms. The van der Waals surface area contributed by atoms with Crippen LogP contribution in [0.25, 0.3) is 10.1 Å². The van der Waals surface area contributed by atoms with Crippen LogP contribution in [0.4, 0.5) is 10.5 Å². The van der Waals surface area contributed by atoms with Gasteiger partial charge in [-0.3, -0.25) is 14.9 Å². The Morgan fingerprint density at radius 2 is 1.79 bits per heavy atom. The number of carbonyl (C=O) groups is 2. The first-order chi connectivity index (χ1) is 13.1. The van der Waals surface area contributed by atoms with Crippen LogP contribution in [0.2, 0.25) is 5.02 Å². The van der Waals surface area contributed by atoms with Gasteiger partial charge in [0.1, 0.15) is 10.5 Å². The van der Waals surface area contributed by atoms with E-state index < -0.39 is 16.6 Å². The Hall–Kier alpha value is -2.39. The van der Waals surface area contributed by atoms with Gasteiger partial charge in [0.05, 0.1) is 9.95 Å². The minimum absolute atomic E-state index is 0.0459. The van der Waals surface area contributed by atoms with Gasteiger partial charge in [-0.1, -0.05) is 11.6 Å². The lowest BCUT2D eigenvalue weighted by atomic mass is 10.2. The first-order valence-corrected chi connectivity index (χ1v) is 9.90. The van der Waals surface area contributed by atoms with Crippen LogP contribution in [-0.2, 0) is 4.74 Å². The number of thiophene rings is 1. The summed E-state index contributed by atoms with van der Waals surface area (Å²) in [6, 6.07) is 4.35. The van der Waals surface area contributed by atoms with Crippen LogP contribution in [0.3, 0.4) is 0 Å². The molecule has 2 aromatic rings. The van der Waals surface area contributed by atoms with E-state index in [1.807, 2.05) is 0 Å². The summed E-state index contributed by atoms with van der Waals surface area (Å²) in [5, 5.41) is 11.9. The van der Waals surface area contributed by atoms with Gasteiger partial charge >= 0.3 is 6.09 Å². The average Bonchev–Trinajstić information content (AvgIpc) is 2.96. The van der Waals surface area contributed by atoms with Gasteiger partial charge in [0.2, 0.25) is 0 Å². The van der Waals surface area contributed by atoms with Gasteiger partial charge in [-0.05, 0) is 26.8 Å². The van der Waals surface area contributed by atoms with Gasteiger partial charge in [-0.15, -0.1) is 11.3 Å². The molecule has 0 radical (unpaired) electrons. The molecule has 0 spiro atoms. The van der Waals surface area contributed by atoms with E-state index in [1.54, 1.807) is 36.6 Å². The molecule has 0 atom stereocenters. The van der Waals surface area contributed by atoms with Crippen LogP contribution in [0.5, 0.6) is 0 Å². The summed E-state index contributed by atoms with van der Waals surface area (Å²) in [6.45, 7) is 6.88. The summed E-state index contributed by atoms with van der Waals surface area (Å²) in [7, 11) is 0. The topological polar surface area (TPSA) is 93.0 Å². The second-order valence-electron chi connectivity index (χ2n) is 7.44. The van der Waals surface area contributed by atoms with E-state index in [1.165, 1.54) is 12.1 Å². The number of fused-ring (bicyclic) bond motifs is 1. The molecular formula is C18H20ClN3O5S. The largest absolute Gasteiger partial charge is 0.444 e. The molecule has 150 valence electrons. The molecule has 3 rings (SSSR count). The second-order valence-corrected chi connectivity index (χ2v) is 8.87. The van der Waals surface area contributed by atoms with Crippen molar-refractivity contribution in [3.63, 3.8) is 0 Å². The molecule has 1 saturated heterocycles. The van der Waals surface area contributed by atoms with Gasteiger partial charge < -0.3 is 14.5 Å². The number of hydrogen-bond donors (Lipinski definition) is 0. The standard InChI is InChI=1S/C18H20ClN3O5S/c1-18(2,3)27-17(24)21-8-6-20(7-9-21)16(23)15-14(19)12-5-4-11(22(25)26)10-13(12)28-15/h4-5,10H,6-9H2,1-3H3. The SMILES string of the molecule is CC(C)(C)OC(=O)N1CCN(C(=O)c2sc3cc([N+](=O)[O-])ccc3c2Cl)CC1. The zero-order chi connectivity index (χ0) is 20.6. The lowest BCUT2D eigenvalue weighted by Gasteiger charge is -2.35. The predicted molar refractivity (Wildman–Crippen MR) is 107 cm³/mol. The quantitative estimate of drug-likeness (QED) is 0.532. The Kier molecular flexibility index (Phi) is 5.49. The fourth-order valence-electron chi connectivity index (χ4n) is 2.87. The van der Waals surface area contributed by atoms with Crippen molar-refractivity contribution in [2.75, 3.05) is 26.2 Å². The molecule has 1 aliphatic rings. The molecule has 0 saturated carbocycles. The molecule has 0 N–H and O–H groups in total. The summed E-state index contributed by atoms with van der Waals surface area (Å²) >= 11 is 7.50.